The summed E-state index contributed by atoms with van der Waals surface area (Å²) in [4.78, 5) is 38.3. The molecule has 6 heteroatoms. The van der Waals surface area contributed by atoms with Gasteiger partial charge in [-0.15, -0.1) is 0 Å². The lowest BCUT2D eigenvalue weighted by Gasteiger charge is -2.18. The first kappa shape index (κ1) is 73.2. The standard InChI is InChI=1S/C69H132O6/c1-4-7-10-13-16-19-22-25-27-29-30-31-32-33-34-35-36-37-38-39-40-41-43-44-47-50-53-56-59-62-68(71)74-65-66(64-73-67(70)61-58-55-52-49-46-24-21-18-15-12-9-6-3)75-69(72)63-60-57-54-51-48-45-42-28-26-23-20-17-14-11-8-5-2/h29-30,66H,4-28,31-65H2,1-3H3/b30-29-. The van der Waals surface area contributed by atoms with Gasteiger partial charge < -0.3 is 14.2 Å². The molecule has 0 aliphatic heterocycles. The molecule has 0 aromatic carbocycles. The van der Waals surface area contributed by atoms with Gasteiger partial charge in [0.25, 0.3) is 0 Å². The molecule has 1 atom stereocenters. The van der Waals surface area contributed by atoms with Crippen molar-refractivity contribution in [1.29, 1.82) is 0 Å². The molecular weight excluding hydrogens is 925 g/mol. The van der Waals surface area contributed by atoms with Crippen LogP contribution in [0.25, 0.3) is 0 Å². The van der Waals surface area contributed by atoms with Crippen molar-refractivity contribution in [3.8, 4) is 0 Å². The van der Waals surface area contributed by atoms with E-state index in [1.807, 2.05) is 0 Å². The first-order chi connectivity index (χ1) is 37.0. The number of hydrogen-bond donors (Lipinski definition) is 0. The summed E-state index contributed by atoms with van der Waals surface area (Å²) in [5.41, 5.74) is 0. The summed E-state index contributed by atoms with van der Waals surface area (Å²) >= 11 is 0. The monoisotopic (exact) mass is 1060 g/mol. The number of unbranched alkanes of at least 4 members (excludes halogenated alkanes) is 51. The topological polar surface area (TPSA) is 78.9 Å². The summed E-state index contributed by atoms with van der Waals surface area (Å²) in [6, 6.07) is 0. The van der Waals surface area contributed by atoms with Gasteiger partial charge in [0, 0.05) is 19.3 Å². The van der Waals surface area contributed by atoms with E-state index in [1.54, 1.807) is 0 Å². The van der Waals surface area contributed by atoms with Gasteiger partial charge in [0.2, 0.25) is 0 Å². The lowest BCUT2D eigenvalue weighted by Crippen LogP contribution is -2.30. The molecule has 0 saturated carbocycles. The lowest BCUT2D eigenvalue weighted by atomic mass is 10.0. The van der Waals surface area contributed by atoms with Crippen LogP contribution in [-0.2, 0) is 28.6 Å². The number of rotatable bonds is 64. The minimum Gasteiger partial charge on any atom is -0.462 e. The van der Waals surface area contributed by atoms with E-state index in [0.717, 1.165) is 57.8 Å². The highest BCUT2D eigenvalue weighted by Crippen LogP contribution is 2.19. The summed E-state index contributed by atoms with van der Waals surface area (Å²) in [6.07, 6.45) is 76.7. The minimum atomic E-state index is -0.764. The summed E-state index contributed by atoms with van der Waals surface area (Å²) in [5.74, 6) is -0.830. The zero-order chi connectivity index (χ0) is 54.3. The Kier molecular flexibility index (Phi) is 63.1. The molecule has 0 rings (SSSR count). The minimum absolute atomic E-state index is 0.0623. The van der Waals surface area contributed by atoms with Crippen molar-refractivity contribution in [3.05, 3.63) is 12.2 Å². The largest absolute Gasteiger partial charge is 0.462 e. The summed E-state index contributed by atoms with van der Waals surface area (Å²) in [7, 11) is 0. The zero-order valence-corrected chi connectivity index (χ0v) is 51.1. The average molecular weight is 1060 g/mol. The van der Waals surface area contributed by atoms with Gasteiger partial charge in [0.05, 0.1) is 0 Å². The van der Waals surface area contributed by atoms with E-state index < -0.39 is 6.10 Å². The van der Waals surface area contributed by atoms with Crippen LogP contribution < -0.4 is 0 Å². The Morgan fingerprint density at radius 2 is 0.440 bits per heavy atom. The predicted octanol–water partition coefficient (Wildman–Crippen LogP) is 23.2. The Morgan fingerprint density at radius 1 is 0.253 bits per heavy atom. The van der Waals surface area contributed by atoms with Gasteiger partial charge in [-0.05, 0) is 44.9 Å². The van der Waals surface area contributed by atoms with E-state index in [0.29, 0.717) is 19.3 Å². The Balaban J connectivity index is 4.12. The SMILES string of the molecule is CCCCCCCCCC/C=C\CCCCCCCCCCCCCCCCCCCC(=O)OCC(COC(=O)CCCCCCCCCCCCCC)OC(=O)CCCCCCCCCCCCCCCCCC. The van der Waals surface area contributed by atoms with Crippen LogP contribution in [0.2, 0.25) is 0 Å². The number of allylic oxidation sites excluding steroid dienone is 2. The number of carbonyl (C=O) groups is 3. The van der Waals surface area contributed by atoms with Crippen LogP contribution in [0.4, 0.5) is 0 Å². The van der Waals surface area contributed by atoms with Crippen LogP contribution in [0.15, 0.2) is 12.2 Å². The molecule has 0 saturated heterocycles. The van der Waals surface area contributed by atoms with Crippen molar-refractivity contribution in [2.24, 2.45) is 0 Å². The molecule has 0 aromatic rings. The molecular formula is C69H132O6. The lowest BCUT2D eigenvalue weighted by molar-refractivity contribution is -0.167. The molecule has 6 nitrogen and oxygen atoms in total. The first-order valence-electron chi connectivity index (χ1n) is 34.2. The molecule has 0 aliphatic rings. The Labute approximate surface area is 469 Å². The van der Waals surface area contributed by atoms with Crippen LogP contribution in [0.5, 0.6) is 0 Å². The van der Waals surface area contributed by atoms with Gasteiger partial charge in [0.15, 0.2) is 6.10 Å². The van der Waals surface area contributed by atoms with Crippen LogP contribution in [0.3, 0.4) is 0 Å². The number of hydrogen-bond acceptors (Lipinski definition) is 6. The van der Waals surface area contributed by atoms with Crippen LogP contribution in [0, 0.1) is 0 Å². The van der Waals surface area contributed by atoms with Gasteiger partial charge in [-0.2, -0.15) is 0 Å². The molecule has 0 aliphatic carbocycles. The molecule has 444 valence electrons. The van der Waals surface area contributed by atoms with E-state index >= 15 is 0 Å². The molecule has 0 heterocycles. The molecule has 75 heavy (non-hydrogen) atoms. The highest BCUT2D eigenvalue weighted by Gasteiger charge is 2.19. The molecule has 0 bridgehead atoms. The summed E-state index contributed by atoms with van der Waals surface area (Å²) < 4.78 is 17.0. The van der Waals surface area contributed by atoms with Gasteiger partial charge in [-0.25, -0.2) is 0 Å². The highest BCUT2D eigenvalue weighted by molar-refractivity contribution is 5.71. The second-order valence-corrected chi connectivity index (χ2v) is 23.5. The van der Waals surface area contributed by atoms with E-state index in [1.165, 1.54) is 295 Å². The van der Waals surface area contributed by atoms with Crippen molar-refractivity contribution < 1.29 is 28.6 Å². The third-order valence-electron chi connectivity index (χ3n) is 15.8. The fourth-order valence-corrected chi connectivity index (χ4v) is 10.6. The maximum Gasteiger partial charge on any atom is 0.306 e. The Bertz CT molecular complexity index is 1170. The average Bonchev–Trinajstić information content (AvgIpc) is 3.41. The molecule has 0 radical (unpaired) electrons. The van der Waals surface area contributed by atoms with Crippen molar-refractivity contribution >= 4 is 17.9 Å². The molecule has 0 fully saturated rings. The van der Waals surface area contributed by atoms with Crippen molar-refractivity contribution in [3.63, 3.8) is 0 Å². The number of carbonyl (C=O) groups excluding carboxylic acids is 3. The maximum absolute atomic E-state index is 12.9. The first-order valence-corrected chi connectivity index (χ1v) is 34.2. The van der Waals surface area contributed by atoms with Crippen molar-refractivity contribution in [1.82, 2.24) is 0 Å². The number of esters is 3. The highest BCUT2D eigenvalue weighted by atomic mass is 16.6. The van der Waals surface area contributed by atoms with E-state index in [9.17, 15) is 14.4 Å². The fraction of sp³-hybridized carbons (Fsp3) is 0.928. The Hall–Kier alpha value is -1.85. The van der Waals surface area contributed by atoms with Crippen LogP contribution in [-0.4, -0.2) is 37.2 Å². The molecule has 1 unspecified atom stereocenters. The molecule has 0 N–H and O–H groups in total. The van der Waals surface area contributed by atoms with Crippen LogP contribution >= 0.6 is 0 Å². The smallest absolute Gasteiger partial charge is 0.306 e. The maximum atomic E-state index is 12.9. The molecule has 0 amide bonds. The fourth-order valence-electron chi connectivity index (χ4n) is 10.6. The van der Waals surface area contributed by atoms with E-state index in [-0.39, 0.29) is 31.1 Å². The third-order valence-corrected chi connectivity index (χ3v) is 15.8. The normalized spacial score (nSPS) is 12.0. The zero-order valence-electron chi connectivity index (χ0n) is 51.1. The van der Waals surface area contributed by atoms with Gasteiger partial charge in [-0.1, -0.05) is 341 Å². The van der Waals surface area contributed by atoms with Gasteiger partial charge in [0.1, 0.15) is 13.2 Å². The molecule has 0 spiro atoms. The van der Waals surface area contributed by atoms with Crippen molar-refractivity contribution in [2.75, 3.05) is 13.2 Å². The molecule has 0 aromatic heterocycles. The van der Waals surface area contributed by atoms with Gasteiger partial charge >= 0.3 is 17.9 Å². The second-order valence-electron chi connectivity index (χ2n) is 23.5. The Morgan fingerprint density at radius 3 is 0.667 bits per heavy atom. The van der Waals surface area contributed by atoms with E-state index in [4.69, 9.17) is 14.2 Å². The summed E-state index contributed by atoms with van der Waals surface area (Å²) in [6.45, 7) is 6.72. The summed E-state index contributed by atoms with van der Waals surface area (Å²) in [5, 5.41) is 0. The van der Waals surface area contributed by atoms with E-state index in [2.05, 4.69) is 32.9 Å². The number of ether oxygens (including phenoxy) is 3. The predicted molar refractivity (Wildman–Crippen MR) is 326 cm³/mol. The van der Waals surface area contributed by atoms with Crippen molar-refractivity contribution in [2.45, 2.75) is 399 Å². The van der Waals surface area contributed by atoms with Gasteiger partial charge in [-0.3, -0.25) is 14.4 Å². The van der Waals surface area contributed by atoms with Crippen LogP contribution in [0.1, 0.15) is 393 Å². The second kappa shape index (κ2) is 64.7. The quantitative estimate of drug-likeness (QED) is 0.0261. The third kappa shape index (κ3) is 62.9.